The lowest BCUT2D eigenvalue weighted by atomic mass is 9.86. The molecule has 3 aromatic rings. The van der Waals surface area contributed by atoms with Gasteiger partial charge in [-0.15, -0.1) is 0 Å². The molecule has 1 unspecified atom stereocenters. The first kappa shape index (κ1) is 22.5. The van der Waals surface area contributed by atoms with Crippen LogP contribution < -0.4 is 10.2 Å². The Labute approximate surface area is 197 Å². The van der Waals surface area contributed by atoms with Crippen LogP contribution in [0.15, 0.2) is 18.7 Å². The molecule has 0 spiro atoms. The second-order valence-corrected chi connectivity index (χ2v) is 10.1. The van der Waals surface area contributed by atoms with Gasteiger partial charge in [-0.3, -0.25) is 0 Å². The van der Waals surface area contributed by atoms with Gasteiger partial charge in [0.25, 0.3) is 0 Å². The van der Waals surface area contributed by atoms with Gasteiger partial charge in [-0.25, -0.2) is 29.7 Å². The van der Waals surface area contributed by atoms with Crippen LogP contribution in [0.3, 0.4) is 0 Å². The Hall–Kier alpha value is -3.34. The van der Waals surface area contributed by atoms with Crippen molar-refractivity contribution in [2.24, 2.45) is 11.3 Å². The lowest BCUT2D eigenvalue weighted by Crippen LogP contribution is -2.37. The molecule has 1 aliphatic heterocycles. The molecule has 4 heterocycles. The Morgan fingerprint density at radius 3 is 2.50 bits per heavy atom. The van der Waals surface area contributed by atoms with Crippen molar-refractivity contribution in [2.45, 2.75) is 46.2 Å². The van der Waals surface area contributed by atoms with Crippen molar-refractivity contribution >= 4 is 23.1 Å². The van der Waals surface area contributed by atoms with Crippen molar-refractivity contribution < 1.29 is 14.6 Å². The van der Waals surface area contributed by atoms with E-state index < -0.39 is 17.6 Å². The van der Waals surface area contributed by atoms with Crippen LogP contribution >= 0.6 is 0 Å². The van der Waals surface area contributed by atoms with Gasteiger partial charge >= 0.3 is 6.09 Å². The quantitative estimate of drug-likeness (QED) is 0.563. The maximum Gasteiger partial charge on any atom is 0.405 e. The van der Waals surface area contributed by atoms with Crippen molar-refractivity contribution in [1.82, 2.24) is 34.8 Å². The number of imidazole rings is 1. The van der Waals surface area contributed by atoms with Crippen LogP contribution in [0.5, 0.6) is 0 Å². The van der Waals surface area contributed by atoms with Crippen molar-refractivity contribution in [2.75, 3.05) is 31.2 Å². The van der Waals surface area contributed by atoms with Gasteiger partial charge in [0, 0.05) is 32.0 Å². The minimum absolute atomic E-state index is 0.395. The van der Waals surface area contributed by atoms with Gasteiger partial charge in [0.1, 0.15) is 0 Å². The third-order valence-corrected chi connectivity index (χ3v) is 6.23. The molecule has 0 bridgehead atoms. The van der Waals surface area contributed by atoms with Gasteiger partial charge in [0.2, 0.25) is 0 Å². The normalized spacial score (nSPS) is 17.7. The number of anilines is 1. The van der Waals surface area contributed by atoms with Crippen LogP contribution in [0.2, 0.25) is 0 Å². The molecule has 11 nitrogen and oxygen atoms in total. The standard InChI is InChI=1S/C23H30N8O3/c1-23(2,3)17(27-22(32)33)19-24-10-15(11-25-19)18-28-20(30-6-8-34-9-7-30)16-21(29-18)31(13-26-16)12-14-4-5-14/h10-11,13-14,17,27H,4-9,12H2,1-3H3,(H,32,33). The van der Waals surface area contributed by atoms with Gasteiger partial charge in [-0.1, -0.05) is 20.8 Å². The van der Waals surface area contributed by atoms with Crippen molar-refractivity contribution in [3.63, 3.8) is 0 Å². The predicted octanol–water partition coefficient (Wildman–Crippen LogP) is 2.88. The van der Waals surface area contributed by atoms with Crippen molar-refractivity contribution in [3.8, 4) is 11.4 Å². The van der Waals surface area contributed by atoms with Crippen LogP contribution in [-0.2, 0) is 11.3 Å². The summed E-state index contributed by atoms with van der Waals surface area (Å²) in [4.78, 5) is 36.9. The van der Waals surface area contributed by atoms with Crippen LogP contribution in [0, 0.1) is 11.3 Å². The number of ether oxygens (including phenoxy) is 1. The number of hydrogen-bond donors (Lipinski definition) is 2. The molecule has 34 heavy (non-hydrogen) atoms. The summed E-state index contributed by atoms with van der Waals surface area (Å²) in [6.45, 7) is 9.50. The van der Waals surface area contributed by atoms with E-state index in [9.17, 15) is 9.90 Å². The molecule has 5 rings (SSSR count). The van der Waals surface area contributed by atoms with Gasteiger partial charge in [-0.2, -0.15) is 0 Å². The highest BCUT2D eigenvalue weighted by molar-refractivity contribution is 5.85. The fourth-order valence-electron chi connectivity index (χ4n) is 4.16. The number of nitrogens with zero attached hydrogens (tertiary/aromatic N) is 7. The van der Waals surface area contributed by atoms with E-state index in [2.05, 4.69) is 29.7 Å². The number of carboxylic acid groups (broad SMARTS) is 1. The van der Waals surface area contributed by atoms with Crippen LogP contribution in [0.1, 0.15) is 45.5 Å². The molecule has 1 amide bonds. The van der Waals surface area contributed by atoms with Gasteiger partial charge in [0.05, 0.1) is 31.1 Å². The minimum Gasteiger partial charge on any atom is -0.465 e. The number of rotatable bonds is 6. The lowest BCUT2D eigenvalue weighted by molar-refractivity contribution is 0.122. The first-order valence-corrected chi connectivity index (χ1v) is 11.7. The van der Waals surface area contributed by atoms with Crippen LogP contribution in [0.4, 0.5) is 10.6 Å². The number of nitrogens with one attached hydrogen (secondary N) is 1. The van der Waals surface area contributed by atoms with E-state index in [1.165, 1.54) is 12.8 Å². The number of hydrogen-bond acceptors (Lipinski definition) is 8. The summed E-state index contributed by atoms with van der Waals surface area (Å²) in [5.74, 6) is 2.41. The third kappa shape index (κ3) is 4.65. The first-order valence-electron chi connectivity index (χ1n) is 11.7. The van der Waals surface area contributed by atoms with E-state index in [4.69, 9.17) is 14.7 Å². The van der Waals surface area contributed by atoms with Crippen LogP contribution in [0.25, 0.3) is 22.6 Å². The largest absolute Gasteiger partial charge is 0.465 e. The van der Waals surface area contributed by atoms with Crippen LogP contribution in [-0.4, -0.2) is 67.0 Å². The Balaban J connectivity index is 1.54. The lowest BCUT2D eigenvalue weighted by Gasteiger charge is -2.29. The van der Waals surface area contributed by atoms with Gasteiger partial charge in [-0.05, 0) is 24.2 Å². The number of morpholine rings is 1. The highest BCUT2D eigenvalue weighted by Gasteiger charge is 2.30. The molecule has 11 heteroatoms. The second-order valence-electron chi connectivity index (χ2n) is 10.1. The zero-order valence-electron chi connectivity index (χ0n) is 19.7. The number of fused-ring (bicyclic) bond motifs is 1. The van der Waals surface area contributed by atoms with Gasteiger partial charge < -0.3 is 24.6 Å². The molecule has 3 aromatic heterocycles. The molecule has 1 atom stereocenters. The first-order chi connectivity index (χ1) is 16.3. The third-order valence-electron chi connectivity index (χ3n) is 6.23. The second kappa shape index (κ2) is 8.79. The summed E-state index contributed by atoms with van der Waals surface area (Å²) in [5.41, 5.74) is 1.88. The average Bonchev–Trinajstić information content (AvgIpc) is 3.55. The summed E-state index contributed by atoms with van der Waals surface area (Å²) in [7, 11) is 0. The van der Waals surface area contributed by atoms with E-state index in [0.717, 1.165) is 36.6 Å². The van der Waals surface area contributed by atoms with Gasteiger partial charge in [0.15, 0.2) is 28.6 Å². The molecule has 1 aliphatic carbocycles. The molecule has 2 N–H and O–H groups in total. The Morgan fingerprint density at radius 1 is 1.18 bits per heavy atom. The Morgan fingerprint density at radius 2 is 1.88 bits per heavy atom. The molecule has 0 radical (unpaired) electrons. The monoisotopic (exact) mass is 466 g/mol. The molecule has 2 fully saturated rings. The van der Waals surface area contributed by atoms with E-state index >= 15 is 0 Å². The Bertz CT molecular complexity index is 1180. The fourth-order valence-corrected chi connectivity index (χ4v) is 4.16. The summed E-state index contributed by atoms with van der Waals surface area (Å²) in [6.07, 6.45) is 6.55. The van der Waals surface area contributed by atoms with Crippen molar-refractivity contribution in [3.05, 3.63) is 24.5 Å². The van der Waals surface area contributed by atoms with E-state index in [1.54, 1.807) is 12.4 Å². The summed E-state index contributed by atoms with van der Waals surface area (Å²) in [5, 5.41) is 11.8. The van der Waals surface area contributed by atoms with Crippen molar-refractivity contribution in [1.29, 1.82) is 0 Å². The van der Waals surface area contributed by atoms with E-state index in [0.29, 0.717) is 36.3 Å². The average molecular weight is 467 g/mol. The highest BCUT2D eigenvalue weighted by atomic mass is 16.5. The highest BCUT2D eigenvalue weighted by Crippen LogP contribution is 2.34. The molecule has 0 aromatic carbocycles. The molecule has 2 aliphatic rings. The molecule has 180 valence electrons. The minimum atomic E-state index is -1.11. The van der Waals surface area contributed by atoms with E-state index in [-0.39, 0.29) is 0 Å². The maximum atomic E-state index is 11.3. The number of amides is 1. The SMILES string of the molecule is CC(C)(C)C(NC(=O)O)c1ncc(-c2nc(N3CCOCC3)c3ncn(CC4CC4)c3n2)cn1. The number of aromatic nitrogens is 6. The predicted molar refractivity (Wildman–Crippen MR) is 125 cm³/mol. The smallest absolute Gasteiger partial charge is 0.405 e. The molecular weight excluding hydrogens is 436 g/mol. The summed E-state index contributed by atoms with van der Waals surface area (Å²) >= 11 is 0. The molecule has 1 saturated carbocycles. The zero-order valence-corrected chi connectivity index (χ0v) is 19.7. The Kier molecular flexibility index (Phi) is 5.80. The fraction of sp³-hybridized carbons (Fsp3) is 0.565. The summed E-state index contributed by atoms with van der Waals surface area (Å²) < 4.78 is 7.64. The summed E-state index contributed by atoms with van der Waals surface area (Å²) in [6, 6.07) is -0.550. The topological polar surface area (TPSA) is 131 Å². The zero-order chi connectivity index (χ0) is 23.9. The maximum absolute atomic E-state index is 11.3. The molecular formula is C23H30N8O3. The van der Waals surface area contributed by atoms with E-state index in [1.807, 2.05) is 27.1 Å². The molecule has 1 saturated heterocycles. The number of carbonyl (C=O) groups is 1.